The summed E-state index contributed by atoms with van der Waals surface area (Å²) in [5.41, 5.74) is 6.90. The lowest BCUT2D eigenvalue weighted by Crippen LogP contribution is -2.60. The van der Waals surface area contributed by atoms with Gasteiger partial charge in [-0.3, -0.25) is 0 Å². The van der Waals surface area contributed by atoms with E-state index in [-0.39, 0.29) is 10.8 Å². The Balaban J connectivity index is 0.000000157. The summed E-state index contributed by atoms with van der Waals surface area (Å²) >= 11 is 14.4. The van der Waals surface area contributed by atoms with E-state index in [4.69, 9.17) is 0 Å². The van der Waals surface area contributed by atoms with Gasteiger partial charge in [0.05, 0.1) is 5.41 Å². The maximum absolute atomic E-state index is 3.63. The van der Waals surface area contributed by atoms with Crippen molar-refractivity contribution in [1.29, 1.82) is 0 Å². The highest BCUT2D eigenvalue weighted by Crippen LogP contribution is 2.44. The average Bonchev–Trinajstić information content (AvgIpc) is 2.93. The van der Waals surface area contributed by atoms with E-state index in [1.165, 1.54) is 27.9 Å². The molecule has 1 N–H and O–H groups in total. The van der Waals surface area contributed by atoms with Gasteiger partial charge in [0.1, 0.15) is 0 Å². The van der Waals surface area contributed by atoms with Crippen molar-refractivity contribution in [3.63, 3.8) is 0 Å². The molecule has 2 nitrogen and oxygen atoms in total. The van der Waals surface area contributed by atoms with Crippen LogP contribution >= 0.6 is 63.7 Å². The lowest BCUT2D eigenvalue weighted by molar-refractivity contribution is 0.334. The molecule has 2 saturated heterocycles. The first-order valence-electron chi connectivity index (χ1n) is 13.9. The Morgan fingerprint density at radius 2 is 0.833 bits per heavy atom. The molecule has 0 saturated carbocycles. The lowest BCUT2D eigenvalue weighted by atomic mass is 9.68. The molecule has 2 aliphatic rings. The summed E-state index contributed by atoms with van der Waals surface area (Å²) in [5.74, 6) is 0. The van der Waals surface area contributed by atoms with Crippen LogP contribution in [-0.2, 0) is 10.8 Å². The molecule has 2 heterocycles. The Hall–Kier alpha value is -2.22. The Labute approximate surface area is 282 Å². The fourth-order valence-corrected chi connectivity index (χ4v) is 7.65. The van der Waals surface area contributed by atoms with E-state index >= 15 is 0 Å². The molecule has 0 bridgehead atoms. The number of hydrogen-bond donors (Lipinski definition) is 1. The number of nitrogens with one attached hydrogen (secondary N) is 1. The van der Waals surface area contributed by atoms with E-state index in [0.29, 0.717) is 0 Å². The predicted octanol–water partition coefficient (Wildman–Crippen LogP) is 10.1. The SMILES string of the molecule is Brc1cccc(C2(c3cccc(Br)c3)CN(c3ccccc3)C2)c1.Brc1cccc(C2(c3cccc(Br)c3)CNC2)c1. The molecule has 0 aromatic heterocycles. The van der Waals surface area contributed by atoms with E-state index in [1.807, 2.05) is 0 Å². The van der Waals surface area contributed by atoms with Gasteiger partial charge in [0.25, 0.3) is 0 Å². The van der Waals surface area contributed by atoms with Gasteiger partial charge in [-0.25, -0.2) is 0 Å². The quantitative estimate of drug-likeness (QED) is 0.190. The third kappa shape index (κ3) is 6.07. The van der Waals surface area contributed by atoms with Gasteiger partial charge >= 0.3 is 0 Å². The van der Waals surface area contributed by atoms with Crippen molar-refractivity contribution in [2.45, 2.75) is 10.8 Å². The summed E-state index contributed by atoms with van der Waals surface area (Å²) in [4.78, 5) is 2.45. The molecule has 2 fully saturated rings. The van der Waals surface area contributed by atoms with Crippen molar-refractivity contribution < 1.29 is 0 Å². The number of halogens is 4. The molecule has 0 atom stereocenters. The van der Waals surface area contributed by atoms with Gasteiger partial charge in [0.2, 0.25) is 0 Å². The second-order valence-corrected chi connectivity index (χ2v) is 14.7. The van der Waals surface area contributed by atoms with Crippen molar-refractivity contribution in [2.24, 2.45) is 0 Å². The van der Waals surface area contributed by atoms with Gasteiger partial charge < -0.3 is 10.2 Å². The minimum Gasteiger partial charge on any atom is -0.369 e. The number of anilines is 1. The topological polar surface area (TPSA) is 15.3 Å². The van der Waals surface area contributed by atoms with Crippen molar-refractivity contribution in [3.05, 3.63) is 168 Å². The molecular weight excluding hydrogens is 780 g/mol. The van der Waals surface area contributed by atoms with Crippen LogP contribution in [0, 0.1) is 0 Å². The monoisotopic (exact) mass is 806 g/mol. The number of para-hydroxylation sites is 1. The molecule has 0 aliphatic carbocycles. The minimum absolute atomic E-state index is 0.0312. The zero-order valence-corrected chi connectivity index (χ0v) is 29.3. The van der Waals surface area contributed by atoms with Gasteiger partial charge in [0.15, 0.2) is 0 Å². The standard InChI is InChI=1S/C21H17Br2N.C15H13Br2N/c22-18-8-4-6-16(12-18)21(17-7-5-9-19(23)13-17)14-24(15-21)20-10-2-1-3-11-20;16-13-5-1-3-11(7-13)15(9-18-10-15)12-4-2-6-14(17)8-12/h1-13H,14-15H2;1-8,18H,9-10H2. The van der Waals surface area contributed by atoms with Crippen molar-refractivity contribution >= 4 is 69.4 Å². The average molecular weight is 810 g/mol. The van der Waals surface area contributed by atoms with Crippen LogP contribution in [0.25, 0.3) is 0 Å². The molecule has 5 aromatic carbocycles. The Morgan fingerprint density at radius 1 is 0.452 bits per heavy atom. The summed E-state index contributed by atoms with van der Waals surface area (Å²) in [7, 11) is 0. The predicted molar refractivity (Wildman–Crippen MR) is 190 cm³/mol. The third-order valence-corrected chi connectivity index (χ3v) is 10.4. The van der Waals surface area contributed by atoms with Crippen LogP contribution in [0.15, 0.2) is 145 Å². The Morgan fingerprint density at radius 3 is 1.17 bits per heavy atom. The first kappa shape index (κ1) is 29.8. The smallest absolute Gasteiger partial charge is 0.0553 e. The maximum Gasteiger partial charge on any atom is 0.0553 e. The molecule has 6 heteroatoms. The zero-order valence-electron chi connectivity index (χ0n) is 22.9. The van der Waals surface area contributed by atoms with Crippen LogP contribution in [0.1, 0.15) is 22.3 Å². The number of nitrogens with zero attached hydrogens (tertiary/aromatic N) is 1. The summed E-state index contributed by atoms with van der Waals surface area (Å²) in [6.45, 7) is 3.98. The van der Waals surface area contributed by atoms with Gasteiger partial charge in [-0.2, -0.15) is 0 Å². The van der Waals surface area contributed by atoms with Gasteiger partial charge in [-0.1, -0.05) is 130 Å². The first-order valence-corrected chi connectivity index (χ1v) is 17.1. The molecule has 0 unspecified atom stereocenters. The maximum atomic E-state index is 3.63. The highest BCUT2D eigenvalue weighted by Gasteiger charge is 2.46. The van der Waals surface area contributed by atoms with E-state index in [9.17, 15) is 0 Å². The molecule has 7 rings (SSSR count). The minimum atomic E-state index is 0.0312. The Kier molecular flexibility index (Phi) is 9.09. The third-order valence-electron chi connectivity index (χ3n) is 8.41. The molecule has 0 amide bonds. The molecule has 0 spiro atoms. The zero-order chi connectivity index (χ0) is 29.2. The van der Waals surface area contributed by atoms with Crippen molar-refractivity contribution in [2.75, 3.05) is 31.1 Å². The van der Waals surface area contributed by atoms with Crippen LogP contribution in [0.4, 0.5) is 5.69 Å². The number of hydrogen-bond acceptors (Lipinski definition) is 2. The first-order chi connectivity index (χ1) is 20.4. The van der Waals surface area contributed by atoms with E-state index < -0.39 is 0 Å². The van der Waals surface area contributed by atoms with Crippen LogP contribution in [0.3, 0.4) is 0 Å². The normalized spacial score (nSPS) is 16.4. The van der Waals surface area contributed by atoms with Crippen LogP contribution in [0.5, 0.6) is 0 Å². The fraction of sp³-hybridized carbons (Fsp3) is 0.167. The fourth-order valence-electron chi connectivity index (χ4n) is 6.05. The summed E-state index contributed by atoms with van der Waals surface area (Å²) in [6, 6.07) is 45.3. The van der Waals surface area contributed by atoms with Crippen LogP contribution in [-0.4, -0.2) is 26.2 Å². The van der Waals surface area contributed by atoms with Gasteiger partial charge in [-0.05, 0) is 82.9 Å². The summed E-state index contributed by atoms with van der Waals surface area (Å²) in [5, 5.41) is 3.41. The molecule has 42 heavy (non-hydrogen) atoms. The summed E-state index contributed by atoms with van der Waals surface area (Å²) < 4.78 is 4.54. The highest BCUT2D eigenvalue weighted by atomic mass is 79.9. The van der Waals surface area contributed by atoms with Crippen molar-refractivity contribution in [3.8, 4) is 0 Å². The van der Waals surface area contributed by atoms with E-state index in [2.05, 4.69) is 201 Å². The number of benzene rings is 5. The largest absolute Gasteiger partial charge is 0.369 e. The van der Waals surface area contributed by atoms with Gasteiger partial charge in [0, 0.05) is 55.2 Å². The highest BCUT2D eigenvalue weighted by molar-refractivity contribution is 9.11. The lowest BCUT2D eigenvalue weighted by Gasteiger charge is -2.52. The molecular formula is C36H30Br4N2. The van der Waals surface area contributed by atoms with Crippen LogP contribution < -0.4 is 10.2 Å². The molecule has 212 valence electrons. The molecule has 0 radical (unpaired) electrons. The van der Waals surface area contributed by atoms with E-state index in [0.717, 1.165) is 44.1 Å². The molecule has 2 aliphatic heterocycles. The Bertz CT molecular complexity index is 1580. The second kappa shape index (κ2) is 12.8. The molecule has 5 aromatic rings. The van der Waals surface area contributed by atoms with Crippen molar-refractivity contribution in [1.82, 2.24) is 5.32 Å². The van der Waals surface area contributed by atoms with Gasteiger partial charge in [-0.15, -0.1) is 0 Å². The second-order valence-electron chi connectivity index (χ2n) is 11.0. The van der Waals surface area contributed by atoms with Crippen LogP contribution in [0.2, 0.25) is 0 Å². The van der Waals surface area contributed by atoms with E-state index in [1.54, 1.807) is 0 Å². The number of rotatable bonds is 5. The summed E-state index contributed by atoms with van der Waals surface area (Å²) in [6.07, 6.45) is 0.